The molecule has 0 N–H and O–H groups in total. The van der Waals surface area contributed by atoms with Crippen molar-refractivity contribution in [2.24, 2.45) is 0 Å². The van der Waals surface area contributed by atoms with Gasteiger partial charge in [0.25, 0.3) is 0 Å². The molecule has 14 heavy (non-hydrogen) atoms. The second-order valence-electron chi connectivity index (χ2n) is 3.69. The van der Waals surface area contributed by atoms with E-state index in [9.17, 15) is 0 Å². The normalized spacial score (nSPS) is 24.4. The zero-order chi connectivity index (χ0) is 10.0. The predicted molar refractivity (Wildman–Crippen MR) is 59.2 cm³/mol. The Morgan fingerprint density at radius 2 is 1.86 bits per heavy atom. The maximum atomic E-state index is 5.45. The number of rotatable bonds is 1. The Hall–Kier alpha value is -1.34. The van der Waals surface area contributed by atoms with Gasteiger partial charge in [0.05, 0.1) is 0 Å². The van der Waals surface area contributed by atoms with Crippen molar-refractivity contribution in [1.82, 2.24) is 0 Å². The van der Waals surface area contributed by atoms with Crippen molar-refractivity contribution < 1.29 is 4.74 Å². The number of benzene rings is 1. The van der Waals surface area contributed by atoms with Crippen LogP contribution < -0.4 is 10.4 Å². The molecule has 1 aliphatic carbocycles. The zero-order valence-corrected chi connectivity index (χ0v) is 8.53. The van der Waals surface area contributed by atoms with Gasteiger partial charge in [-0.25, -0.2) is 0 Å². The van der Waals surface area contributed by atoms with Gasteiger partial charge in [-0.05, 0) is 29.5 Å². The van der Waals surface area contributed by atoms with Crippen LogP contribution in [0.4, 0.5) is 0 Å². The van der Waals surface area contributed by atoms with Crippen molar-refractivity contribution >= 4 is 12.2 Å². The summed E-state index contributed by atoms with van der Waals surface area (Å²) in [4.78, 5) is 0. The molecular formula is C13H14O. The Kier molecular flexibility index (Phi) is 2.26. The number of allylic oxidation sites excluding steroid dienone is 1. The van der Waals surface area contributed by atoms with Crippen LogP contribution in [-0.2, 0) is 4.74 Å². The minimum Gasteiger partial charge on any atom is -0.370 e. The van der Waals surface area contributed by atoms with Crippen molar-refractivity contribution in [1.29, 1.82) is 0 Å². The summed E-state index contributed by atoms with van der Waals surface area (Å²) in [6.45, 7) is 2.06. The first-order chi connectivity index (χ1) is 6.73. The molecule has 1 aromatic rings. The lowest BCUT2D eigenvalue weighted by molar-refractivity contribution is 0.104. The Balaban J connectivity index is 2.69. The van der Waals surface area contributed by atoms with Crippen LogP contribution in [-0.4, -0.2) is 12.7 Å². The van der Waals surface area contributed by atoms with Gasteiger partial charge in [0.2, 0.25) is 0 Å². The van der Waals surface area contributed by atoms with E-state index in [2.05, 4.69) is 37.3 Å². The van der Waals surface area contributed by atoms with Crippen LogP contribution in [0.1, 0.15) is 6.92 Å². The molecule has 0 aliphatic heterocycles. The highest BCUT2D eigenvalue weighted by Crippen LogP contribution is 2.13. The van der Waals surface area contributed by atoms with E-state index in [1.54, 1.807) is 7.11 Å². The average molecular weight is 186 g/mol. The summed E-state index contributed by atoms with van der Waals surface area (Å²) < 4.78 is 5.45. The fourth-order valence-corrected chi connectivity index (χ4v) is 1.62. The van der Waals surface area contributed by atoms with E-state index < -0.39 is 0 Å². The number of hydrogen-bond donors (Lipinski definition) is 0. The van der Waals surface area contributed by atoms with E-state index in [1.807, 2.05) is 18.2 Å². The highest BCUT2D eigenvalue weighted by Gasteiger charge is 2.16. The van der Waals surface area contributed by atoms with E-state index in [0.717, 1.165) is 0 Å². The molecule has 1 unspecified atom stereocenters. The van der Waals surface area contributed by atoms with Crippen LogP contribution in [0.2, 0.25) is 0 Å². The first-order valence-corrected chi connectivity index (χ1v) is 4.76. The average Bonchev–Trinajstić information content (AvgIpc) is 2.37. The summed E-state index contributed by atoms with van der Waals surface area (Å²) in [5.74, 6) is 0. The molecule has 1 heteroatoms. The Morgan fingerprint density at radius 1 is 1.14 bits per heavy atom. The first-order valence-electron chi connectivity index (χ1n) is 4.76. The Labute approximate surface area is 84.0 Å². The summed E-state index contributed by atoms with van der Waals surface area (Å²) in [6.07, 6.45) is 8.36. The lowest BCUT2D eigenvalue weighted by atomic mass is 10.1. The molecule has 0 radical (unpaired) electrons. The second kappa shape index (κ2) is 3.43. The standard InChI is InChI=1S/C13H14O/c1-13(14-2)9-5-8-11-6-3-4-7-12(11)10-13/h3-10H,1-2H3. The highest BCUT2D eigenvalue weighted by atomic mass is 16.5. The predicted octanol–water partition coefficient (Wildman–Crippen LogP) is 1.22. The molecule has 1 aliphatic rings. The molecule has 1 atom stereocenters. The van der Waals surface area contributed by atoms with Crippen molar-refractivity contribution in [2.45, 2.75) is 12.5 Å². The molecule has 1 aromatic carbocycles. The quantitative estimate of drug-likeness (QED) is 0.641. The van der Waals surface area contributed by atoms with Gasteiger partial charge >= 0.3 is 0 Å². The van der Waals surface area contributed by atoms with E-state index >= 15 is 0 Å². The molecule has 0 amide bonds. The van der Waals surface area contributed by atoms with Gasteiger partial charge in [0, 0.05) is 7.11 Å². The molecule has 0 saturated carbocycles. The van der Waals surface area contributed by atoms with Crippen LogP contribution in [0.3, 0.4) is 0 Å². The second-order valence-corrected chi connectivity index (χ2v) is 3.69. The van der Waals surface area contributed by atoms with Gasteiger partial charge in [0.15, 0.2) is 0 Å². The molecule has 0 heterocycles. The van der Waals surface area contributed by atoms with Crippen LogP contribution >= 0.6 is 0 Å². The number of ether oxygens (including phenoxy) is 1. The van der Waals surface area contributed by atoms with Gasteiger partial charge in [0.1, 0.15) is 5.60 Å². The smallest absolute Gasteiger partial charge is 0.102 e. The van der Waals surface area contributed by atoms with E-state index in [1.165, 1.54) is 10.4 Å². The van der Waals surface area contributed by atoms with Crippen LogP contribution in [0.25, 0.3) is 12.2 Å². The van der Waals surface area contributed by atoms with Crippen molar-refractivity contribution in [3.05, 3.63) is 46.9 Å². The zero-order valence-electron chi connectivity index (χ0n) is 8.53. The minimum absolute atomic E-state index is 0.289. The largest absolute Gasteiger partial charge is 0.370 e. The topological polar surface area (TPSA) is 9.23 Å². The summed E-state index contributed by atoms with van der Waals surface area (Å²) in [6, 6.07) is 8.31. The lowest BCUT2D eigenvalue weighted by Gasteiger charge is -2.18. The first kappa shape index (κ1) is 9.22. The van der Waals surface area contributed by atoms with Crippen LogP contribution in [0.15, 0.2) is 36.4 Å². The fourth-order valence-electron chi connectivity index (χ4n) is 1.62. The molecule has 72 valence electrons. The number of hydrogen-bond acceptors (Lipinski definition) is 1. The third-order valence-electron chi connectivity index (χ3n) is 2.58. The van der Waals surface area contributed by atoms with Crippen molar-refractivity contribution in [3.63, 3.8) is 0 Å². The summed E-state index contributed by atoms with van der Waals surface area (Å²) in [7, 11) is 1.73. The Morgan fingerprint density at radius 3 is 2.57 bits per heavy atom. The number of methoxy groups -OCH3 is 1. The van der Waals surface area contributed by atoms with Gasteiger partial charge < -0.3 is 4.74 Å². The monoisotopic (exact) mass is 186 g/mol. The lowest BCUT2D eigenvalue weighted by Crippen LogP contribution is -2.29. The van der Waals surface area contributed by atoms with Gasteiger partial charge in [-0.15, -0.1) is 0 Å². The SMILES string of the molecule is COC1(C)C=CC=c2ccccc2=C1. The highest BCUT2D eigenvalue weighted by molar-refractivity contribution is 5.50. The molecule has 2 rings (SSSR count). The number of fused-ring (bicyclic) bond motifs is 1. The van der Waals surface area contributed by atoms with Gasteiger partial charge in [-0.1, -0.05) is 36.4 Å². The Bertz CT molecular complexity index is 470. The van der Waals surface area contributed by atoms with Crippen LogP contribution in [0, 0.1) is 0 Å². The van der Waals surface area contributed by atoms with Crippen molar-refractivity contribution in [3.8, 4) is 0 Å². The minimum atomic E-state index is -0.289. The summed E-state index contributed by atoms with van der Waals surface area (Å²) >= 11 is 0. The molecule has 0 fully saturated rings. The fraction of sp³-hybridized carbons (Fsp3) is 0.231. The van der Waals surface area contributed by atoms with E-state index in [0.29, 0.717) is 0 Å². The van der Waals surface area contributed by atoms with E-state index in [4.69, 9.17) is 4.74 Å². The van der Waals surface area contributed by atoms with E-state index in [-0.39, 0.29) is 5.60 Å². The molecule has 0 bridgehead atoms. The summed E-state index contributed by atoms with van der Waals surface area (Å²) in [5.41, 5.74) is -0.289. The summed E-state index contributed by atoms with van der Waals surface area (Å²) in [5, 5.41) is 2.46. The molecule has 0 saturated heterocycles. The maximum Gasteiger partial charge on any atom is 0.102 e. The van der Waals surface area contributed by atoms with Gasteiger partial charge in [-0.3, -0.25) is 0 Å². The molecule has 0 spiro atoms. The maximum absolute atomic E-state index is 5.45. The molecule has 1 nitrogen and oxygen atoms in total. The van der Waals surface area contributed by atoms with Crippen LogP contribution in [0.5, 0.6) is 0 Å². The molecular weight excluding hydrogens is 172 g/mol. The third kappa shape index (κ3) is 1.64. The third-order valence-corrected chi connectivity index (χ3v) is 2.58. The molecule has 0 aromatic heterocycles. The van der Waals surface area contributed by atoms with Gasteiger partial charge in [-0.2, -0.15) is 0 Å². The van der Waals surface area contributed by atoms with Crippen molar-refractivity contribution in [2.75, 3.05) is 7.11 Å².